The Morgan fingerprint density at radius 3 is 2.68 bits per heavy atom. The van der Waals surface area contributed by atoms with Gasteiger partial charge < -0.3 is 15.7 Å². The molecule has 0 saturated heterocycles. The lowest BCUT2D eigenvalue weighted by Crippen LogP contribution is -2.41. The first kappa shape index (κ1) is 14.8. The number of nitrogens with zero attached hydrogens (tertiary/aromatic N) is 1. The molecule has 1 aliphatic carbocycles. The molecule has 1 fully saturated rings. The van der Waals surface area contributed by atoms with Crippen LogP contribution in [-0.2, 0) is 0 Å². The van der Waals surface area contributed by atoms with Gasteiger partial charge in [0.25, 0.3) is 0 Å². The quantitative estimate of drug-likeness (QED) is 0.843. The number of nitrogens with two attached hydrogens (primary N) is 1. The first-order chi connectivity index (χ1) is 9.13. The van der Waals surface area contributed by atoms with Crippen LogP contribution in [0.15, 0.2) is 22.7 Å². The van der Waals surface area contributed by atoms with Crippen molar-refractivity contribution in [2.75, 3.05) is 18.1 Å². The highest BCUT2D eigenvalue weighted by Crippen LogP contribution is 2.33. The van der Waals surface area contributed by atoms with Gasteiger partial charge in [0, 0.05) is 35.4 Å². The highest BCUT2D eigenvalue weighted by molar-refractivity contribution is 9.10. The van der Waals surface area contributed by atoms with Crippen LogP contribution in [0.4, 0.5) is 5.69 Å². The zero-order valence-corrected chi connectivity index (χ0v) is 13.1. The van der Waals surface area contributed by atoms with Crippen LogP contribution in [0.2, 0.25) is 0 Å². The number of hydrogen-bond donors (Lipinski definition) is 2. The van der Waals surface area contributed by atoms with Crippen molar-refractivity contribution in [3.05, 3.63) is 28.2 Å². The minimum atomic E-state index is 0.0398. The third-order valence-electron chi connectivity index (χ3n) is 3.88. The van der Waals surface area contributed by atoms with Crippen molar-refractivity contribution in [2.24, 2.45) is 5.73 Å². The van der Waals surface area contributed by atoms with E-state index in [1.807, 2.05) is 6.92 Å². The summed E-state index contributed by atoms with van der Waals surface area (Å²) in [7, 11) is 0. The van der Waals surface area contributed by atoms with Crippen molar-refractivity contribution < 1.29 is 5.11 Å². The van der Waals surface area contributed by atoms with Gasteiger partial charge in [0.2, 0.25) is 0 Å². The number of benzene rings is 1. The molecule has 0 amide bonds. The Labute approximate surface area is 123 Å². The number of aliphatic hydroxyl groups is 1. The molecule has 1 aromatic carbocycles. The van der Waals surface area contributed by atoms with Gasteiger partial charge in [0.1, 0.15) is 0 Å². The fraction of sp³-hybridized carbons (Fsp3) is 0.600. The lowest BCUT2D eigenvalue weighted by atomic mass is 9.90. The summed E-state index contributed by atoms with van der Waals surface area (Å²) in [4.78, 5) is 2.43. The Bertz CT molecular complexity index is 419. The van der Waals surface area contributed by atoms with E-state index in [1.54, 1.807) is 0 Å². The summed E-state index contributed by atoms with van der Waals surface area (Å²) < 4.78 is 1.08. The fourth-order valence-corrected chi connectivity index (χ4v) is 3.25. The van der Waals surface area contributed by atoms with Gasteiger partial charge in [-0.15, -0.1) is 0 Å². The molecule has 0 radical (unpaired) electrons. The van der Waals surface area contributed by atoms with E-state index in [2.05, 4.69) is 39.0 Å². The SMILES string of the molecule is C[C@@H](N)c1ccc(N(CCCO)C2CCC2)cc1Br. The van der Waals surface area contributed by atoms with Gasteiger partial charge in [-0.2, -0.15) is 0 Å². The van der Waals surface area contributed by atoms with Gasteiger partial charge in [-0.1, -0.05) is 22.0 Å². The number of hydrogen-bond acceptors (Lipinski definition) is 3. The van der Waals surface area contributed by atoms with E-state index in [1.165, 1.54) is 24.9 Å². The summed E-state index contributed by atoms with van der Waals surface area (Å²) in [5, 5.41) is 9.05. The number of anilines is 1. The average molecular weight is 327 g/mol. The maximum absolute atomic E-state index is 9.05. The second kappa shape index (κ2) is 6.73. The van der Waals surface area contributed by atoms with Gasteiger partial charge in [-0.25, -0.2) is 0 Å². The van der Waals surface area contributed by atoms with Crippen molar-refractivity contribution in [3.63, 3.8) is 0 Å². The number of aliphatic hydroxyl groups excluding tert-OH is 1. The normalized spacial score (nSPS) is 17.1. The zero-order valence-electron chi connectivity index (χ0n) is 11.5. The topological polar surface area (TPSA) is 49.5 Å². The number of halogens is 1. The largest absolute Gasteiger partial charge is 0.396 e. The molecule has 106 valence electrons. The summed E-state index contributed by atoms with van der Waals surface area (Å²) in [5.74, 6) is 0. The van der Waals surface area contributed by atoms with Crippen molar-refractivity contribution in [3.8, 4) is 0 Å². The van der Waals surface area contributed by atoms with Gasteiger partial charge in [0.05, 0.1) is 0 Å². The van der Waals surface area contributed by atoms with Gasteiger partial charge in [0.15, 0.2) is 0 Å². The van der Waals surface area contributed by atoms with Crippen LogP contribution >= 0.6 is 15.9 Å². The van der Waals surface area contributed by atoms with Crippen LogP contribution in [-0.4, -0.2) is 24.3 Å². The highest BCUT2D eigenvalue weighted by Gasteiger charge is 2.25. The third-order valence-corrected chi connectivity index (χ3v) is 4.57. The van der Waals surface area contributed by atoms with Crippen LogP contribution < -0.4 is 10.6 Å². The molecule has 0 bridgehead atoms. The smallest absolute Gasteiger partial charge is 0.0447 e. The van der Waals surface area contributed by atoms with E-state index in [4.69, 9.17) is 10.8 Å². The van der Waals surface area contributed by atoms with Crippen molar-refractivity contribution in [2.45, 2.75) is 44.7 Å². The summed E-state index contributed by atoms with van der Waals surface area (Å²) in [6.07, 6.45) is 4.67. The van der Waals surface area contributed by atoms with Gasteiger partial charge in [-0.05, 0) is 50.3 Å². The van der Waals surface area contributed by atoms with Crippen LogP contribution in [0.3, 0.4) is 0 Å². The molecule has 19 heavy (non-hydrogen) atoms. The van der Waals surface area contributed by atoms with E-state index >= 15 is 0 Å². The molecular formula is C15H23BrN2O. The molecule has 3 nitrogen and oxygen atoms in total. The molecule has 2 rings (SSSR count). The third kappa shape index (κ3) is 3.50. The van der Waals surface area contributed by atoms with E-state index in [0.29, 0.717) is 6.04 Å². The summed E-state index contributed by atoms with van der Waals surface area (Å²) in [6.45, 7) is 3.17. The molecule has 1 aromatic rings. The summed E-state index contributed by atoms with van der Waals surface area (Å²) in [6, 6.07) is 7.10. The Morgan fingerprint density at radius 1 is 1.47 bits per heavy atom. The lowest BCUT2D eigenvalue weighted by Gasteiger charge is -2.39. The summed E-state index contributed by atoms with van der Waals surface area (Å²) in [5.41, 5.74) is 8.31. The first-order valence-corrected chi connectivity index (χ1v) is 7.85. The lowest BCUT2D eigenvalue weighted by molar-refractivity contribution is 0.283. The van der Waals surface area contributed by atoms with Crippen LogP contribution in [0.25, 0.3) is 0 Å². The molecule has 3 N–H and O–H groups in total. The predicted molar refractivity (Wildman–Crippen MR) is 83.4 cm³/mol. The molecule has 4 heteroatoms. The second-order valence-corrected chi connectivity index (χ2v) is 6.20. The Hall–Kier alpha value is -0.580. The molecule has 0 heterocycles. The first-order valence-electron chi connectivity index (χ1n) is 7.06. The Balaban J connectivity index is 2.18. The van der Waals surface area contributed by atoms with Crippen LogP contribution in [0, 0.1) is 0 Å². The van der Waals surface area contributed by atoms with Crippen LogP contribution in [0.1, 0.15) is 44.2 Å². The predicted octanol–water partition coefficient (Wildman–Crippen LogP) is 3.21. The highest BCUT2D eigenvalue weighted by atomic mass is 79.9. The van der Waals surface area contributed by atoms with E-state index in [-0.39, 0.29) is 12.6 Å². The van der Waals surface area contributed by atoms with Gasteiger partial charge in [-0.3, -0.25) is 0 Å². The zero-order chi connectivity index (χ0) is 13.8. The monoisotopic (exact) mass is 326 g/mol. The van der Waals surface area contributed by atoms with E-state index in [9.17, 15) is 0 Å². The second-order valence-electron chi connectivity index (χ2n) is 5.35. The summed E-state index contributed by atoms with van der Waals surface area (Å²) >= 11 is 3.62. The Kier molecular flexibility index (Phi) is 5.25. The Morgan fingerprint density at radius 2 is 2.21 bits per heavy atom. The molecular weight excluding hydrogens is 304 g/mol. The van der Waals surface area contributed by atoms with E-state index in [0.717, 1.165) is 23.0 Å². The molecule has 0 spiro atoms. The van der Waals surface area contributed by atoms with Crippen LogP contribution in [0.5, 0.6) is 0 Å². The fourth-order valence-electron chi connectivity index (χ4n) is 2.53. The molecule has 1 aliphatic rings. The number of rotatable bonds is 6. The molecule has 0 unspecified atom stereocenters. The maximum atomic E-state index is 9.05. The molecule has 1 atom stereocenters. The molecule has 1 saturated carbocycles. The van der Waals surface area contributed by atoms with Gasteiger partial charge >= 0.3 is 0 Å². The maximum Gasteiger partial charge on any atom is 0.0447 e. The standard InChI is InChI=1S/C15H23BrN2O/c1-11(17)14-7-6-13(10-15(14)16)18(8-3-9-19)12-4-2-5-12/h6-7,10-12,19H,2-5,8-9,17H2,1H3/t11-/m1/s1. The van der Waals surface area contributed by atoms with Crippen molar-refractivity contribution in [1.29, 1.82) is 0 Å². The molecule has 0 aliphatic heterocycles. The minimum Gasteiger partial charge on any atom is -0.396 e. The van der Waals surface area contributed by atoms with Crippen molar-refractivity contribution >= 4 is 21.6 Å². The minimum absolute atomic E-state index is 0.0398. The molecule has 0 aromatic heterocycles. The van der Waals surface area contributed by atoms with Crippen molar-refractivity contribution in [1.82, 2.24) is 0 Å². The van der Waals surface area contributed by atoms with E-state index < -0.39 is 0 Å². The average Bonchev–Trinajstić information content (AvgIpc) is 2.31.